The number of nitrogens with zero attached hydrogens (tertiary/aromatic N) is 5. The third-order valence-electron chi connectivity index (χ3n) is 5.93. The fourth-order valence-corrected chi connectivity index (χ4v) is 4.14. The molecule has 0 unspecified atom stereocenters. The van der Waals surface area contributed by atoms with Crippen molar-refractivity contribution in [1.82, 2.24) is 19.9 Å². The molecule has 0 amide bonds. The van der Waals surface area contributed by atoms with Crippen molar-refractivity contribution in [3.05, 3.63) is 54.1 Å². The smallest absolute Gasteiger partial charge is 0.369 e. The summed E-state index contributed by atoms with van der Waals surface area (Å²) in [5.74, 6) is 0. The Kier molecular flexibility index (Phi) is 8.37. The number of anilines is 1. The number of alkyl halides is 3. The van der Waals surface area contributed by atoms with Gasteiger partial charge in [0.25, 0.3) is 0 Å². The van der Waals surface area contributed by atoms with E-state index in [4.69, 9.17) is 0 Å². The molecule has 2 aromatic carbocycles. The van der Waals surface area contributed by atoms with Gasteiger partial charge in [-0.1, -0.05) is 36.3 Å². The van der Waals surface area contributed by atoms with E-state index < -0.39 is 11.7 Å². The van der Waals surface area contributed by atoms with Gasteiger partial charge >= 0.3 is 6.18 Å². The lowest BCUT2D eigenvalue weighted by molar-refractivity contribution is -0.137. The largest absolute Gasteiger partial charge is 0.416 e. The summed E-state index contributed by atoms with van der Waals surface area (Å²) in [5, 5.41) is 8.42. The van der Waals surface area contributed by atoms with E-state index in [9.17, 15) is 13.2 Å². The van der Waals surface area contributed by atoms with Crippen LogP contribution in [-0.2, 0) is 12.7 Å². The Labute approximate surface area is 192 Å². The SMILES string of the molecule is Cl.FC(F)(F)c1cccc(N2CCN(CCCCCCn3nnc4ccccc43)CC2)c1. The summed E-state index contributed by atoms with van der Waals surface area (Å²) in [6, 6.07) is 13.7. The molecule has 0 bridgehead atoms. The number of benzene rings is 2. The molecule has 1 fully saturated rings. The topological polar surface area (TPSA) is 37.2 Å². The second-order valence-corrected chi connectivity index (χ2v) is 8.09. The van der Waals surface area contributed by atoms with Crippen LogP contribution in [0.5, 0.6) is 0 Å². The van der Waals surface area contributed by atoms with Gasteiger partial charge in [-0.3, -0.25) is 4.90 Å². The maximum atomic E-state index is 12.9. The molecule has 2 heterocycles. The summed E-state index contributed by atoms with van der Waals surface area (Å²) in [7, 11) is 0. The first-order chi connectivity index (χ1) is 15.0. The van der Waals surface area contributed by atoms with Crippen molar-refractivity contribution >= 4 is 29.1 Å². The van der Waals surface area contributed by atoms with Crippen LogP contribution in [0.4, 0.5) is 18.9 Å². The number of unbranched alkanes of at least 4 members (excludes halogenated alkanes) is 3. The molecule has 0 spiro atoms. The fourth-order valence-electron chi connectivity index (χ4n) is 4.14. The molecular formula is C23H29ClF3N5. The van der Waals surface area contributed by atoms with Crippen molar-refractivity contribution < 1.29 is 13.2 Å². The van der Waals surface area contributed by atoms with Gasteiger partial charge in [0, 0.05) is 38.4 Å². The lowest BCUT2D eigenvalue weighted by Gasteiger charge is -2.36. The van der Waals surface area contributed by atoms with Gasteiger partial charge < -0.3 is 4.90 Å². The number of aryl methyl sites for hydroxylation is 1. The highest BCUT2D eigenvalue weighted by atomic mass is 35.5. The van der Waals surface area contributed by atoms with Crippen LogP contribution in [0.3, 0.4) is 0 Å². The minimum Gasteiger partial charge on any atom is -0.369 e. The molecule has 1 aliphatic rings. The summed E-state index contributed by atoms with van der Waals surface area (Å²) in [4.78, 5) is 4.46. The summed E-state index contributed by atoms with van der Waals surface area (Å²) < 4.78 is 40.8. The summed E-state index contributed by atoms with van der Waals surface area (Å²) >= 11 is 0. The molecule has 0 saturated carbocycles. The number of aromatic nitrogens is 3. The van der Waals surface area contributed by atoms with Gasteiger partial charge in [0.1, 0.15) is 5.52 Å². The number of fused-ring (bicyclic) bond motifs is 1. The van der Waals surface area contributed by atoms with Crippen LogP contribution in [0.2, 0.25) is 0 Å². The lowest BCUT2D eigenvalue weighted by Crippen LogP contribution is -2.46. The molecule has 9 heteroatoms. The maximum Gasteiger partial charge on any atom is 0.416 e. The third kappa shape index (κ3) is 6.13. The number of rotatable bonds is 8. The molecule has 0 radical (unpaired) electrons. The van der Waals surface area contributed by atoms with Gasteiger partial charge in [-0.15, -0.1) is 17.5 Å². The van der Waals surface area contributed by atoms with Crippen LogP contribution < -0.4 is 4.90 Å². The van der Waals surface area contributed by atoms with Crippen LogP contribution in [-0.4, -0.2) is 52.6 Å². The number of hydrogen-bond acceptors (Lipinski definition) is 4. The number of halogens is 4. The Hall–Kier alpha value is -2.32. The van der Waals surface area contributed by atoms with Crippen molar-refractivity contribution in [3.63, 3.8) is 0 Å². The predicted octanol–water partition coefficient (Wildman–Crippen LogP) is 5.25. The van der Waals surface area contributed by atoms with Gasteiger partial charge in [-0.2, -0.15) is 13.2 Å². The molecule has 0 aliphatic carbocycles. The minimum atomic E-state index is -4.29. The van der Waals surface area contributed by atoms with Crippen molar-refractivity contribution in [2.75, 3.05) is 37.6 Å². The molecule has 0 atom stereocenters. The van der Waals surface area contributed by atoms with Gasteiger partial charge in [-0.25, -0.2) is 4.68 Å². The summed E-state index contributed by atoms with van der Waals surface area (Å²) in [5.41, 5.74) is 2.11. The molecule has 174 valence electrons. The molecule has 32 heavy (non-hydrogen) atoms. The predicted molar refractivity (Wildman–Crippen MR) is 123 cm³/mol. The van der Waals surface area contributed by atoms with E-state index in [1.807, 2.05) is 33.8 Å². The highest BCUT2D eigenvalue weighted by Crippen LogP contribution is 2.31. The maximum absolute atomic E-state index is 12.9. The number of piperazine rings is 1. The Morgan fingerprint density at radius 1 is 0.812 bits per heavy atom. The Balaban J connectivity index is 0.00000289. The normalized spacial score (nSPS) is 15.2. The number of para-hydroxylation sites is 1. The second kappa shape index (κ2) is 11.0. The van der Waals surface area contributed by atoms with Crippen LogP contribution >= 0.6 is 12.4 Å². The Bertz CT molecular complexity index is 983. The van der Waals surface area contributed by atoms with E-state index >= 15 is 0 Å². The third-order valence-corrected chi connectivity index (χ3v) is 5.93. The first-order valence-corrected chi connectivity index (χ1v) is 10.9. The Morgan fingerprint density at radius 3 is 2.28 bits per heavy atom. The van der Waals surface area contributed by atoms with Crippen LogP contribution in [0.1, 0.15) is 31.2 Å². The highest BCUT2D eigenvalue weighted by molar-refractivity contribution is 5.85. The molecule has 5 nitrogen and oxygen atoms in total. The molecule has 3 aromatic rings. The molecule has 0 N–H and O–H groups in total. The van der Waals surface area contributed by atoms with Crippen LogP contribution in [0, 0.1) is 0 Å². The van der Waals surface area contributed by atoms with Crippen LogP contribution in [0.25, 0.3) is 11.0 Å². The van der Waals surface area contributed by atoms with E-state index in [2.05, 4.69) is 15.2 Å². The zero-order chi connectivity index (χ0) is 21.7. The van der Waals surface area contributed by atoms with Gasteiger partial charge in [0.2, 0.25) is 0 Å². The monoisotopic (exact) mass is 467 g/mol. The number of hydrogen-bond donors (Lipinski definition) is 0. The minimum absolute atomic E-state index is 0. The molecular weight excluding hydrogens is 439 g/mol. The first kappa shape index (κ1) is 24.3. The second-order valence-electron chi connectivity index (χ2n) is 8.09. The van der Waals surface area contributed by atoms with Gasteiger partial charge in [0.05, 0.1) is 11.1 Å². The van der Waals surface area contributed by atoms with Crippen molar-refractivity contribution in [3.8, 4) is 0 Å². The van der Waals surface area contributed by atoms with Crippen molar-refractivity contribution in [1.29, 1.82) is 0 Å². The summed E-state index contributed by atoms with van der Waals surface area (Å²) in [6.45, 7) is 5.24. The fraction of sp³-hybridized carbons (Fsp3) is 0.478. The van der Waals surface area contributed by atoms with E-state index in [1.165, 1.54) is 18.6 Å². The highest BCUT2D eigenvalue weighted by Gasteiger charge is 2.31. The molecule has 4 rings (SSSR count). The van der Waals surface area contributed by atoms with E-state index in [-0.39, 0.29) is 12.4 Å². The van der Waals surface area contributed by atoms with Gasteiger partial charge in [-0.05, 0) is 49.7 Å². The Morgan fingerprint density at radius 2 is 1.53 bits per heavy atom. The standard InChI is InChI=1S/C23H28F3N5.ClH/c24-23(25,26)19-8-7-9-20(18-19)30-16-14-29(15-17-30)12-5-1-2-6-13-31-22-11-4-3-10-21(22)27-28-31;/h3-4,7-11,18H,1-2,5-6,12-17H2;1H. The zero-order valence-electron chi connectivity index (χ0n) is 18.0. The average Bonchev–Trinajstić information content (AvgIpc) is 3.19. The molecule has 1 aliphatic heterocycles. The quantitative estimate of drug-likeness (QED) is 0.424. The van der Waals surface area contributed by atoms with E-state index in [0.717, 1.165) is 75.6 Å². The average molecular weight is 468 g/mol. The zero-order valence-corrected chi connectivity index (χ0v) is 18.8. The molecule has 1 saturated heterocycles. The van der Waals surface area contributed by atoms with Crippen molar-refractivity contribution in [2.24, 2.45) is 0 Å². The summed E-state index contributed by atoms with van der Waals surface area (Å²) in [6.07, 6.45) is 0.246. The molecule has 1 aromatic heterocycles. The van der Waals surface area contributed by atoms with Crippen LogP contribution in [0.15, 0.2) is 48.5 Å². The van der Waals surface area contributed by atoms with Crippen molar-refractivity contribution in [2.45, 2.75) is 38.4 Å². The van der Waals surface area contributed by atoms with Gasteiger partial charge in [0.15, 0.2) is 0 Å². The lowest BCUT2D eigenvalue weighted by atomic mass is 10.1. The van der Waals surface area contributed by atoms with E-state index in [0.29, 0.717) is 5.69 Å². The van der Waals surface area contributed by atoms with E-state index in [1.54, 1.807) is 6.07 Å². The first-order valence-electron chi connectivity index (χ1n) is 10.9.